The minimum atomic E-state index is -2.83. The Morgan fingerprint density at radius 3 is 2.57 bits per heavy atom. The van der Waals surface area contributed by atoms with Crippen LogP contribution in [0.4, 0.5) is 0 Å². The molecule has 4 nitrogen and oxygen atoms in total. The van der Waals surface area contributed by atoms with Gasteiger partial charge in [-0.05, 0) is 13.3 Å². The van der Waals surface area contributed by atoms with Gasteiger partial charge in [0.2, 0.25) is 11.6 Å². The summed E-state index contributed by atoms with van der Waals surface area (Å²) < 4.78 is 0. The van der Waals surface area contributed by atoms with E-state index in [0.717, 1.165) is 0 Å². The lowest BCUT2D eigenvalue weighted by atomic mass is 9.78. The Morgan fingerprint density at radius 1 is 1.36 bits per heavy atom. The normalized spacial score (nSPS) is 34.4. The first-order valence-corrected chi connectivity index (χ1v) is 4.32. The molecule has 0 aliphatic heterocycles. The maximum Gasteiger partial charge on any atom is 0.290 e. The third-order valence-corrected chi connectivity index (χ3v) is 2.90. The molecule has 0 aromatic rings. The van der Waals surface area contributed by atoms with Gasteiger partial charge in [-0.3, -0.25) is 9.59 Å². The van der Waals surface area contributed by atoms with E-state index >= 15 is 0 Å². The molecular formula is C10H10O4. The van der Waals surface area contributed by atoms with Gasteiger partial charge in [-0.2, -0.15) is 0 Å². The largest absolute Gasteiger partial charge is 0.353 e. The van der Waals surface area contributed by atoms with Crippen LogP contribution in [0.5, 0.6) is 0 Å². The van der Waals surface area contributed by atoms with E-state index in [2.05, 4.69) is 0 Å². The minimum Gasteiger partial charge on any atom is -0.353 e. The van der Waals surface area contributed by atoms with E-state index in [1.807, 2.05) is 0 Å². The van der Waals surface area contributed by atoms with Crippen LogP contribution in [-0.4, -0.2) is 27.6 Å². The molecule has 0 saturated heterocycles. The number of carbonyl (C=O) groups excluding carboxylic acids is 2. The van der Waals surface area contributed by atoms with E-state index in [-0.39, 0.29) is 5.57 Å². The number of aliphatic hydroxyl groups is 2. The molecule has 1 saturated carbocycles. The summed E-state index contributed by atoms with van der Waals surface area (Å²) in [5, 5.41) is 18.6. The van der Waals surface area contributed by atoms with Gasteiger partial charge < -0.3 is 10.2 Å². The topological polar surface area (TPSA) is 74.6 Å². The zero-order valence-corrected chi connectivity index (χ0v) is 7.65. The number of rotatable bonds is 0. The lowest BCUT2D eigenvalue weighted by molar-refractivity contribution is -0.184. The SMILES string of the molecule is CC12CC=CC=C1C(=O)C(O)(O)C2=O. The highest BCUT2D eigenvalue weighted by Crippen LogP contribution is 2.45. The van der Waals surface area contributed by atoms with Crippen molar-refractivity contribution in [3.8, 4) is 0 Å². The summed E-state index contributed by atoms with van der Waals surface area (Å²) in [4.78, 5) is 23.1. The summed E-state index contributed by atoms with van der Waals surface area (Å²) >= 11 is 0. The van der Waals surface area contributed by atoms with Crippen molar-refractivity contribution in [1.29, 1.82) is 0 Å². The molecule has 0 radical (unpaired) electrons. The molecule has 1 atom stereocenters. The number of fused-ring (bicyclic) bond motifs is 1. The van der Waals surface area contributed by atoms with Crippen LogP contribution in [0.25, 0.3) is 0 Å². The number of allylic oxidation sites excluding steroid dienone is 3. The van der Waals surface area contributed by atoms with Crippen molar-refractivity contribution in [3.63, 3.8) is 0 Å². The van der Waals surface area contributed by atoms with Gasteiger partial charge >= 0.3 is 0 Å². The van der Waals surface area contributed by atoms with Crippen LogP contribution >= 0.6 is 0 Å². The van der Waals surface area contributed by atoms with Crippen molar-refractivity contribution in [2.45, 2.75) is 19.1 Å². The van der Waals surface area contributed by atoms with Gasteiger partial charge in [-0.25, -0.2) is 0 Å². The molecule has 0 aromatic heterocycles. The van der Waals surface area contributed by atoms with Gasteiger partial charge in [0.05, 0.1) is 5.41 Å². The van der Waals surface area contributed by atoms with Crippen molar-refractivity contribution < 1.29 is 19.8 Å². The predicted molar refractivity (Wildman–Crippen MR) is 47.1 cm³/mol. The quantitative estimate of drug-likeness (QED) is 0.410. The third kappa shape index (κ3) is 0.844. The molecular weight excluding hydrogens is 184 g/mol. The summed E-state index contributed by atoms with van der Waals surface area (Å²) in [5.74, 6) is -4.55. The third-order valence-electron chi connectivity index (χ3n) is 2.90. The predicted octanol–water partition coefficient (Wildman–Crippen LogP) is -0.288. The first-order chi connectivity index (χ1) is 6.40. The average molecular weight is 194 g/mol. The van der Waals surface area contributed by atoms with Crippen molar-refractivity contribution in [1.82, 2.24) is 0 Å². The number of hydrogen-bond acceptors (Lipinski definition) is 4. The second-order valence-electron chi connectivity index (χ2n) is 3.88. The molecule has 2 aliphatic rings. The van der Waals surface area contributed by atoms with Crippen LogP contribution in [0, 0.1) is 5.41 Å². The van der Waals surface area contributed by atoms with Crippen LogP contribution in [-0.2, 0) is 9.59 Å². The Balaban J connectivity index is 2.62. The van der Waals surface area contributed by atoms with Crippen LogP contribution in [0.1, 0.15) is 13.3 Å². The van der Waals surface area contributed by atoms with E-state index in [1.165, 1.54) is 6.08 Å². The second-order valence-corrected chi connectivity index (χ2v) is 3.88. The Bertz CT molecular complexity index is 389. The van der Waals surface area contributed by atoms with Crippen molar-refractivity contribution in [3.05, 3.63) is 23.8 Å². The molecule has 0 aromatic carbocycles. The van der Waals surface area contributed by atoms with E-state index in [0.29, 0.717) is 6.42 Å². The smallest absolute Gasteiger partial charge is 0.290 e. The zero-order chi connectivity index (χ0) is 10.6. The molecule has 0 heterocycles. The molecule has 2 N–H and O–H groups in total. The molecule has 4 heteroatoms. The Morgan fingerprint density at radius 2 is 2.00 bits per heavy atom. The summed E-state index contributed by atoms with van der Waals surface area (Å²) in [5.41, 5.74) is -0.870. The first-order valence-electron chi connectivity index (χ1n) is 4.32. The summed E-state index contributed by atoms with van der Waals surface area (Å²) in [6, 6.07) is 0. The minimum absolute atomic E-state index is 0.190. The molecule has 2 rings (SSSR count). The van der Waals surface area contributed by atoms with E-state index in [4.69, 9.17) is 0 Å². The maximum atomic E-state index is 11.6. The molecule has 1 fully saturated rings. The summed E-state index contributed by atoms with van der Waals surface area (Å²) in [7, 11) is 0. The maximum absolute atomic E-state index is 11.6. The lowest BCUT2D eigenvalue weighted by Gasteiger charge is -2.23. The van der Waals surface area contributed by atoms with Crippen LogP contribution in [0.3, 0.4) is 0 Å². The van der Waals surface area contributed by atoms with Gasteiger partial charge in [-0.1, -0.05) is 18.2 Å². The zero-order valence-electron chi connectivity index (χ0n) is 7.65. The monoisotopic (exact) mass is 194 g/mol. The van der Waals surface area contributed by atoms with E-state index < -0.39 is 22.8 Å². The molecule has 0 spiro atoms. The number of carbonyl (C=O) groups is 2. The molecule has 74 valence electrons. The standard InChI is InChI=1S/C10H10O4/c1-9-5-3-2-4-6(9)7(11)10(13,14)8(9)12/h2-4,13-14H,5H2,1H3. The van der Waals surface area contributed by atoms with Gasteiger partial charge in [0.1, 0.15) is 0 Å². The van der Waals surface area contributed by atoms with Gasteiger partial charge in [0, 0.05) is 5.57 Å². The van der Waals surface area contributed by atoms with Crippen molar-refractivity contribution in [2.75, 3.05) is 0 Å². The molecule has 1 unspecified atom stereocenters. The summed E-state index contributed by atoms with van der Waals surface area (Å²) in [6.07, 6.45) is 5.18. The number of ketones is 2. The van der Waals surface area contributed by atoms with Crippen molar-refractivity contribution >= 4 is 11.6 Å². The molecule has 14 heavy (non-hydrogen) atoms. The number of Topliss-reactive ketones (excluding diaryl/α,β-unsaturated/α-hetero) is 2. The lowest BCUT2D eigenvalue weighted by Crippen LogP contribution is -2.43. The van der Waals surface area contributed by atoms with Gasteiger partial charge in [0.15, 0.2) is 0 Å². The Kier molecular flexibility index (Phi) is 1.60. The highest BCUT2D eigenvalue weighted by molar-refractivity contribution is 6.26. The van der Waals surface area contributed by atoms with E-state index in [9.17, 15) is 19.8 Å². The highest BCUT2D eigenvalue weighted by atomic mass is 16.5. The highest BCUT2D eigenvalue weighted by Gasteiger charge is 2.62. The Labute approximate surface area is 80.5 Å². The molecule has 0 amide bonds. The van der Waals surface area contributed by atoms with Crippen LogP contribution < -0.4 is 0 Å². The fourth-order valence-electron chi connectivity index (χ4n) is 1.98. The van der Waals surface area contributed by atoms with Gasteiger partial charge in [0.25, 0.3) is 5.79 Å². The molecule has 2 aliphatic carbocycles. The molecule has 0 bridgehead atoms. The second kappa shape index (κ2) is 2.40. The van der Waals surface area contributed by atoms with Crippen LogP contribution in [0.15, 0.2) is 23.8 Å². The fraction of sp³-hybridized carbons (Fsp3) is 0.400. The fourth-order valence-corrected chi connectivity index (χ4v) is 1.98. The average Bonchev–Trinajstić information content (AvgIpc) is 2.27. The van der Waals surface area contributed by atoms with E-state index in [1.54, 1.807) is 19.1 Å². The summed E-state index contributed by atoms with van der Waals surface area (Å²) in [6.45, 7) is 1.55. The first kappa shape index (κ1) is 9.30. The van der Waals surface area contributed by atoms with Crippen LogP contribution in [0.2, 0.25) is 0 Å². The van der Waals surface area contributed by atoms with Crippen molar-refractivity contribution in [2.24, 2.45) is 5.41 Å². The van der Waals surface area contributed by atoms with Gasteiger partial charge in [-0.15, -0.1) is 0 Å². The number of hydrogen-bond donors (Lipinski definition) is 2. The Hall–Kier alpha value is -1.26.